The van der Waals surface area contributed by atoms with Crippen LogP contribution >= 0.6 is 0 Å². The summed E-state index contributed by atoms with van der Waals surface area (Å²) in [5, 5.41) is 1.67. The Hall–Kier alpha value is -1.65. The van der Waals surface area contributed by atoms with Crippen molar-refractivity contribution in [2.24, 2.45) is 0 Å². The smallest absolute Gasteiger partial charge is 0.158 e. The van der Waals surface area contributed by atoms with Gasteiger partial charge in [0.25, 0.3) is 0 Å². The molecule has 0 aliphatic carbocycles. The van der Waals surface area contributed by atoms with Crippen LogP contribution in [-0.4, -0.2) is 48.5 Å². The standard InChI is InChI=1S/C18H24N2O2/c1-19-16(14-18(22-19)15-8-4-2-5-9-15)17(21)10-13-20-11-6-3-7-12-20/h2,4-5,8-9,14,16H,3,6-7,10-13H2,1H3. The second kappa shape index (κ2) is 7.07. The van der Waals surface area contributed by atoms with Crippen LogP contribution in [0.5, 0.6) is 0 Å². The fraction of sp³-hybridized carbons (Fsp3) is 0.500. The number of hydroxylamine groups is 2. The highest BCUT2D eigenvalue weighted by Gasteiger charge is 2.30. The highest BCUT2D eigenvalue weighted by Crippen LogP contribution is 2.26. The maximum Gasteiger partial charge on any atom is 0.158 e. The Morgan fingerprint density at radius 3 is 2.64 bits per heavy atom. The molecule has 118 valence electrons. The summed E-state index contributed by atoms with van der Waals surface area (Å²) >= 11 is 0. The van der Waals surface area contributed by atoms with Crippen LogP contribution in [0.3, 0.4) is 0 Å². The molecule has 0 bridgehead atoms. The number of carbonyl (C=O) groups excluding carboxylic acids is 1. The third-order valence-electron chi connectivity index (χ3n) is 4.45. The van der Waals surface area contributed by atoms with Crippen molar-refractivity contribution < 1.29 is 9.63 Å². The zero-order chi connectivity index (χ0) is 15.4. The summed E-state index contributed by atoms with van der Waals surface area (Å²) in [6.07, 6.45) is 6.38. The first kappa shape index (κ1) is 15.3. The van der Waals surface area contributed by atoms with Crippen molar-refractivity contribution in [3.8, 4) is 0 Å². The van der Waals surface area contributed by atoms with Gasteiger partial charge in [-0.15, -0.1) is 5.06 Å². The molecule has 22 heavy (non-hydrogen) atoms. The Bertz CT molecular complexity index is 535. The Kier molecular flexibility index (Phi) is 4.90. The lowest BCUT2D eigenvalue weighted by Crippen LogP contribution is -2.36. The number of benzene rings is 1. The Balaban J connectivity index is 1.58. The Morgan fingerprint density at radius 1 is 1.18 bits per heavy atom. The fourth-order valence-corrected chi connectivity index (χ4v) is 3.14. The second-order valence-electron chi connectivity index (χ2n) is 6.10. The van der Waals surface area contributed by atoms with E-state index in [4.69, 9.17) is 4.84 Å². The number of hydrogen-bond donors (Lipinski definition) is 0. The minimum Gasteiger partial charge on any atom is -0.405 e. The van der Waals surface area contributed by atoms with E-state index in [0.717, 1.165) is 31.0 Å². The van der Waals surface area contributed by atoms with Crippen LogP contribution in [-0.2, 0) is 9.63 Å². The lowest BCUT2D eigenvalue weighted by atomic mass is 10.1. The van der Waals surface area contributed by atoms with E-state index in [1.165, 1.54) is 19.3 Å². The number of Topliss-reactive ketones (excluding diaryl/α,β-unsaturated/α-hetero) is 1. The molecule has 0 N–H and O–H groups in total. The van der Waals surface area contributed by atoms with Crippen LogP contribution in [0, 0.1) is 0 Å². The molecule has 4 heteroatoms. The molecule has 0 amide bonds. The molecule has 1 saturated heterocycles. The average Bonchev–Trinajstić information content (AvgIpc) is 2.96. The molecule has 0 aromatic heterocycles. The highest BCUT2D eigenvalue weighted by molar-refractivity contribution is 5.88. The number of likely N-dealkylation sites (tertiary alicyclic amines) is 1. The zero-order valence-electron chi connectivity index (χ0n) is 13.2. The third kappa shape index (κ3) is 3.57. The maximum atomic E-state index is 12.5. The molecule has 1 aromatic rings. The van der Waals surface area contributed by atoms with Crippen LogP contribution in [0.2, 0.25) is 0 Å². The Labute approximate surface area is 132 Å². The minimum atomic E-state index is -0.264. The number of rotatable bonds is 5. The van der Waals surface area contributed by atoms with Gasteiger partial charge in [0.2, 0.25) is 0 Å². The van der Waals surface area contributed by atoms with Crippen LogP contribution < -0.4 is 0 Å². The lowest BCUT2D eigenvalue weighted by molar-refractivity contribution is -0.133. The fourth-order valence-electron chi connectivity index (χ4n) is 3.14. The highest BCUT2D eigenvalue weighted by atomic mass is 16.7. The molecule has 1 fully saturated rings. The van der Waals surface area contributed by atoms with Crippen molar-refractivity contribution in [1.82, 2.24) is 9.96 Å². The summed E-state index contributed by atoms with van der Waals surface area (Å²) in [6, 6.07) is 9.67. The zero-order valence-corrected chi connectivity index (χ0v) is 13.2. The van der Waals surface area contributed by atoms with Crippen molar-refractivity contribution in [2.45, 2.75) is 31.7 Å². The van der Waals surface area contributed by atoms with Crippen molar-refractivity contribution in [1.29, 1.82) is 0 Å². The molecule has 4 nitrogen and oxygen atoms in total. The van der Waals surface area contributed by atoms with E-state index in [0.29, 0.717) is 6.42 Å². The van der Waals surface area contributed by atoms with Crippen LogP contribution in [0.4, 0.5) is 0 Å². The number of ketones is 1. The minimum absolute atomic E-state index is 0.235. The van der Waals surface area contributed by atoms with Gasteiger partial charge in [-0.3, -0.25) is 4.79 Å². The van der Waals surface area contributed by atoms with E-state index in [9.17, 15) is 4.79 Å². The number of nitrogens with zero attached hydrogens (tertiary/aromatic N) is 2. The second-order valence-corrected chi connectivity index (χ2v) is 6.10. The average molecular weight is 300 g/mol. The SMILES string of the molecule is CN1OC(c2ccccc2)=CC1C(=O)CCN1CCCCC1. The summed E-state index contributed by atoms with van der Waals surface area (Å²) in [5.74, 6) is 1.01. The van der Waals surface area contributed by atoms with Gasteiger partial charge in [-0.1, -0.05) is 36.8 Å². The summed E-state index contributed by atoms with van der Waals surface area (Å²) in [5.41, 5.74) is 1.01. The van der Waals surface area contributed by atoms with Crippen LogP contribution in [0.25, 0.3) is 5.76 Å². The first-order chi connectivity index (χ1) is 10.7. The summed E-state index contributed by atoms with van der Waals surface area (Å²) in [4.78, 5) is 20.6. The van der Waals surface area contributed by atoms with E-state index in [2.05, 4.69) is 4.90 Å². The number of likely N-dealkylation sites (N-methyl/N-ethyl adjacent to an activating group) is 1. The van der Waals surface area contributed by atoms with E-state index >= 15 is 0 Å². The first-order valence-electron chi connectivity index (χ1n) is 8.17. The molecule has 1 atom stereocenters. The molecular weight excluding hydrogens is 276 g/mol. The molecule has 0 saturated carbocycles. The molecule has 2 aliphatic rings. The summed E-state index contributed by atoms with van der Waals surface area (Å²) < 4.78 is 0. The lowest BCUT2D eigenvalue weighted by Gasteiger charge is -2.26. The molecule has 2 aliphatic heterocycles. The predicted octanol–water partition coefficient (Wildman–Crippen LogP) is 2.72. The summed E-state index contributed by atoms with van der Waals surface area (Å²) in [6.45, 7) is 3.14. The van der Waals surface area contributed by atoms with Gasteiger partial charge >= 0.3 is 0 Å². The first-order valence-corrected chi connectivity index (χ1v) is 8.17. The van der Waals surface area contributed by atoms with E-state index in [1.807, 2.05) is 43.5 Å². The quantitative estimate of drug-likeness (QED) is 0.837. The van der Waals surface area contributed by atoms with Gasteiger partial charge in [0.05, 0.1) is 0 Å². The molecule has 1 unspecified atom stereocenters. The molecular formula is C18H24N2O2. The van der Waals surface area contributed by atoms with Gasteiger partial charge in [0.15, 0.2) is 11.5 Å². The van der Waals surface area contributed by atoms with Crippen LogP contribution in [0.1, 0.15) is 31.2 Å². The largest absolute Gasteiger partial charge is 0.405 e. The van der Waals surface area contributed by atoms with E-state index in [1.54, 1.807) is 5.06 Å². The van der Waals surface area contributed by atoms with Gasteiger partial charge in [-0.05, 0) is 32.0 Å². The predicted molar refractivity (Wildman–Crippen MR) is 87.0 cm³/mol. The van der Waals surface area contributed by atoms with Crippen molar-refractivity contribution >= 4 is 11.5 Å². The van der Waals surface area contributed by atoms with E-state index < -0.39 is 0 Å². The van der Waals surface area contributed by atoms with Crippen molar-refractivity contribution in [3.05, 3.63) is 42.0 Å². The van der Waals surface area contributed by atoms with Crippen molar-refractivity contribution in [3.63, 3.8) is 0 Å². The van der Waals surface area contributed by atoms with Gasteiger partial charge in [0.1, 0.15) is 6.04 Å². The molecule has 0 spiro atoms. The number of piperidine rings is 1. The van der Waals surface area contributed by atoms with Gasteiger partial charge in [-0.2, -0.15) is 0 Å². The maximum absolute atomic E-state index is 12.5. The topological polar surface area (TPSA) is 32.8 Å². The third-order valence-corrected chi connectivity index (χ3v) is 4.45. The number of carbonyl (C=O) groups is 1. The molecule has 0 radical (unpaired) electrons. The normalized spacial score (nSPS) is 23.1. The Morgan fingerprint density at radius 2 is 1.91 bits per heavy atom. The van der Waals surface area contributed by atoms with E-state index in [-0.39, 0.29) is 11.8 Å². The van der Waals surface area contributed by atoms with Crippen LogP contribution in [0.15, 0.2) is 36.4 Å². The van der Waals surface area contributed by atoms with Gasteiger partial charge in [0, 0.05) is 25.6 Å². The monoisotopic (exact) mass is 300 g/mol. The van der Waals surface area contributed by atoms with Gasteiger partial charge in [-0.25, -0.2) is 0 Å². The summed E-state index contributed by atoms with van der Waals surface area (Å²) in [7, 11) is 1.83. The number of hydrogen-bond acceptors (Lipinski definition) is 4. The van der Waals surface area contributed by atoms with Gasteiger partial charge < -0.3 is 9.74 Å². The molecule has 1 aromatic carbocycles. The molecule has 2 heterocycles. The molecule has 3 rings (SSSR count). The van der Waals surface area contributed by atoms with Crippen molar-refractivity contribution in [2.75, 3.05) is 26.7 Å².